The summed E-state index contributed by atoms with van der Waals surface area (Å²) < 4.78 is 5.57. The van der Waals surface area contributed by atoms with Crippen LogP contribution in [0.2, 0.25) is 10.0 Å². The van der Waals surface area contributed by atoms with E-state index in [1.165, 1.54) is 4.90 Å². The fourth-order valence-corrected chi connectivity index (χ4v) is 3.06. The van der Waals surface area contributed by atoms with Gasteiger partial charge in [-0.2, -0.15) is 0 Å². The molecule has 0 aliphatic carbocycles. The van der Waals surface area contributed by atoms with Crippen LogP contribution in [-0.4, -0.2) is 36.4 Å². The van der Waals surface area contributed by atoms with Crippen molar-refractivity contribution in [2.24, 2.45) is 0 Å². The molecule has 0 saturated carbocycles. The molecule has 27 heavy (non-hydrogen) atoms. The first-order chi connectivity index (χ1) is 13.0. The molecule has 0 fully saturated rings. The monoisotopic (exact) mass is 408 g/mol. The van der Waals surface area contributed by atoms with Crippen molar-refractivity contribution >= 4 is 35.0 Å². The van der Waals surface area contributed by atoms with Crippen molar-refractivity contribution in [2.75, 3.05) is 13.7 Å². The lowest BCUT2D eigenvalue weighted by Gasteiger charge is -2.30. The number of ether oxygens (including phenoxy) is 1. The van der Waals surface area contributed by atoms with Gasteiger partial charge in [-0.3, -0.25) is 9.59 Å². The maximum atomic E-state index is 12.9. The Labute approximate surface area is 169 Å². The highest BCUT2D eigenvalue weighted by atomic mass is 35.5. The summed E-state index contributed by atoms with van der Waals surface area (Å²) in [5, 5.41) is 3.67. The predicted octanol–water partition coefficient (Wildman–Crippen LogP) is 3.93. The quantitative estimate of drug-likeness (QED) is 0.719. The van der Waals surface area contributed by atoms with Crippen LogP contribution in [0.4, 0.5) is 0 Å². The largest absolute Gasteiger partial charge is 0.484 e. The van der Waals surface area contributed by atoms with Crippen molar-refractivity contribution in [1.82, 2.24) is 10.2 Å². The summed E-state index contributed by atoms with van der Waals surface area (Å²) >= 11 is 12.2. The van der Waals surface area contributed by atoms with Gasteiger partial charge in [0.05, 0.1) is 0 Å². The Hall–Kier alpha value is -2.24. The van der Waals surface area contributed by atoms with E-state index in [0.717, 1.165) is 5.56 Å². The highest BCUT2D eigenvalue weighted by molar-refractivity contribution is 6.31. The first kappa shape index (κ1) is 21.1. The number of carbonyl (C=O) groups excluding carboxylic acids is 2. The van der Waals surface area contributed by atoms with Gasteiger partial charge in [0.2, 0.25) is 5.91 Å². The van der Waals surface area contributed by atoms with Gasteiger partial charge in [-0.05, 0) is 36.2 Å². The molecule has 0 aliphatic heterocycles. The van der Waals surface area contributed by atoms with Crippen molar-refractivity contribution in [3.63, 3.8) is 0 Å². The first-order valence-electron chi connectivity index (χ1n) is 8.59. The summed E-state index contributed by atoms with van der Waals surface area (Å²) in [7, 11) is 1.55. The van der Waals surface area contributed by atoms with Crippen LogP contribution < -0.4 is 10.1 Å². The summed E-state index contributed by atoms with van der Waals surface area (Å²) in [6.45, 7) is 1.85. The molecule has 0 heterocycles. The summed E-state index contributed by atoms with van der Waals surface area (Å²) in [6.07, 6.45) is 0.465. The van der Waals surface area contributed by atoms with Gasteiger partial charge in [0.1, 0.15) is 11.8 Å². The Morgan fingerprint density at radius 1 is 1.15 bits per heavy atom. The predicted molar refractivity (Wildman–Crippen MR) is 107 cm³/mol. The molecule has 5 nitrogen and oxygen atoms in total. The molecule has 2 aromatic carbocycles. The van der Waals surface area contributed by atoms with Gasteiger partial charge in [0.25, 0.3) is 5.91 Å². The van der Waals surface area contributed by atoms with E-state index in [0.29, 0.717) is 22.2 Å². The summed E-state index contributed by atoms with van der Waals surface area (Å²) in [5.41, 5.74) is 0.762. The Morgan fingerprint density at radius 3 is 2.52 bits per heavy atom. The lowest BCUT2D eigenvalue weighted by molar-refractivity contribution is -0.142. The van der Waals surface area contributed by atoms with Crippen LogP contribution in [0.25, 0.3) is 0 Å². The van der Waals surface area contributed by atoms with Crippen LogP contribution in [0.5, 0.6) is 5.75 Å². The number of carbonyl (C=O) groups is 2. The molecule has 2 amide bonds. The minimum Gasteiger partial charge on any atom is -0.484 e. The molecule has 0 aliphatic rings. The zero-order chi connectivity index (χ0) is 19.8. The van der Waals surface area contributed by atoms with Crippen LogP contribution in [0.3, 0.4) is 0 Å². The van der Waals surface area contributed by atoms with Gasteiger partial charge in [0, 0.05) is 23.6 Å². The number of amides is 2. The van der Waals surface area contributed by atoms with Gasteiger partial charge >= 0.3 is 0 Å². The molecule has 144 valence electrons. The molecule has 1 N–H and O–H groups in total. The zero-order valence-corrected chi connectivity index (χ0v) is 16.8. The van der Waals surface area contributed by atoms with Crippen LogP contribution in [0.1, 0.15) is 18.9 Å². The van der Waals surface area contributed by atoms with E-state index in [1.54, 1.807) is 37.4 Å². The fourth-order valence-electron chi connectivity index (χ4n) is 2.68. The SMILES string of the molecule is CC[C@H](C(=O)NC)N(Cc1ccccc1Cl)C(=O)COc1cccc(Cl)c1. The standard InChI is InChI=1S/C20H22Cl2N2O3/c1-3-18(20(26)23-2)24(12-14-7-4-5-10-17(14)22)19(25)13-27-16-9-6-8-15(21)11-16/h4-11,18H,3,12-13H2,1-2H3,(H,23,26)/t18-/m1/s1. The minimum absolute atomic E-state index is 0.210. The van der Waals surface area contributed by atoms with E-state index in [1.807, 2.05) is 25.1 Å². The third kappa shape index (κ3) is 5.88. The van der Waals surface area contributed by atoms with Gasteiger partial charge in [0.15, 0.2) is 6.61 Å². The van der Waals surface area contributed by atoms with Crippen molar-refractivity contribution in [1.29, 1.82) is 0 Å². The van der Waals surface area contributed by atoms with Gasteiger partial charge in [-0.1, -0.05) is 54.4 Å². The summed E-state index contributed by atoms with van der Waals surface area (Å²) in [5.74, 6) is -0.0625. The van der Waals surface area contributed by atoms with Crippen molar-refractivity contribution in [2.45, 2.75) is 25.9 Å². The third-order valence-electron chi connectivity index (χ3n) is 4.09. The molecule has 0 saturated heterocycles. The van der Waals surface area contributed by atoms with Crippen LogP contribution in [0.15, 0.2) is 48.5 Å². The molecule has 0 radical (unpaired) electrons. The van der Waals surface area contributed by atoms with Gasteiger partial charge in [-0.25, -0.2) is 0 Å². The smallest absolute Gasteiger partial charge is 0.261 e. The van der Waals surface area contributed by atoms with Crippen molar-refractivity contribution < 1.29 is 14.3 Å². The van der Waals surface area contributed by atoms with E-state index in [2.05, 4.69) is 5.32 Å². The minimum atomic E-state index is -0.623. The van der Waals surface area contributed by atoms with Crippen molar-refractivity contribution in [3.8, 4) is 5.75 Å². The lowest BCUT2D eigenvalue weighted by atomic mass is 10.1. The molecular weight excluding hydrogens is 387 g/mol. The Bertz CT molecular complexity index is 798. The second-order valence-corrected chi connectivity index (χ2v) is 6.74. The third-order valence-corrected chi connectivity index (χ3v) is 4.69. The molecule has 7 heteroatoms. The Balaban J connectivity index is 2.20. The van der Waals surface area contributed by atoms with Crippen LogP contribution in [0, 0.1) is 0 Å². The van der Waals surface area contributed by atoms with E-state index in [9.17, 15) is 9.59 Å². The van der Waals surface area contributed by atoms with Crippen LogP contribution >= 0.6 is 23.2 Å². The number of nitrogens with zero attached hydrogens (tertiary/aromatic N) is 1. The second-order valence-electron chi connectivity index (χ2n) is 5.90. The lowest BCUT2D eigenvalue weighted by Crippen LogP contribution is -2.49. The average Bonchev–Trinajstić information content (AvgIpc) is 2.67. The second kappa shape index (κ2) is 10.2. The molecule has 2 rings (SSSR count). The molecule has 0 unspecified atom stereocenters. The topological polar surface area (TPSA) is 58.6 Å². The number of nitrogens with one attached hydrogen (secondary N) is 1. The molecule has 0 bridgehead atoms. The first-order valence-corrected chi connectivity index (χ1v) is 9.34. The highest BCUT2D eigenvalue weighted by Crippen LogP contribution is 2.21. The zero-order valence-electron chi connectivity index (χ0n) is 15.2. The maximum Gasteiger partial charge on any atom is 0.261 e. The van der Waals surface area contributed by atoms with Gasteiger partial charge in [-0.15, -0.1) is 0 Å². The normalized spacial score (nSPS) is 11.6. The number of benzene rings is 2. The molecule has 1 atom stereocenters. The Kier molecular flexibility index (Phi) is 7.95. The van der Waals surface area contributed by atoms with E-state index in [-0.39, 0.29) is 25.0 Å². The molecule has 2 aromatic rings. The average molecular weight is 409 g/mol. The maximum absolute atomic E-state index is 12.9. The van der Waals surface area contributed by atoms with E-state index in [4.69, 9.17) is 27.9 Å². The number of likely N-dealkylation sites (N-methyl/N-ethyl adjacent to an activating group) is 1. The molecule has 0 spiro atoms. The number of rotatable bonds is 8. The number of halogens is 2. The molecule has 0 aromatic heterocycles. The Morgan fingerprint density at radius 2 is 1.89 bits per heavy atom. The molecular formula is C20H22Cl2N2O3. The van der Waals surface area contributed by atoms with Crippen molar-refractivity contribution in [3.05, 3.63) is 64.1 Å². The number of hydrogen-bond donors (Lipinski definition) is 1. The van der Waals surface area contributed by atoms with Crippen LogP contribution in [-0.2, 0) is 16.1 Å². The number of hydrogen-bond acceptors (Lipinski definition) is 3. The van der Waals surface area contributed by atoms with E-state index < -0.39 is 6.04 Å². The highest BCUT2D eigenvalue weighted by Gasteiger charge is 2.28. The fraction of sp³-hybridized carbons (Fsp3) is 0.300. The van der Waals surface area contributed by atoms with Gasteiger partial charge < -0.3 is 15.0 Å². The summed E-state index contributed by atoms with van der Waals surface area (Å²) in [4.78, 5) is 26.7. The van der Waals surface area contributed by atoms with E-state index >= 15 is 0 Å². The summed E-state index contributed by atoms with van der Waals surface area (Å²) in [6, 6.07) is 13.4.